The van der Waals surface area contributed by atoms with Gasteiger partial charge in [0, 0.05) is 19.6 Å². The molecule has 0 aliphatic carbocycles. The Morgan fingerprint density at radius 3 is 1.98 bits per heavy atom. The van der Waals surface area contributed by atoms with Crippen molar-refractivity contribution in [2.45, 2.75) is 134 Å². The summed E-state index contributed by atoms with van der Waals surface area (Å²) in [6, 6.07) is 28.5. The number of ether oxygens (including phenoxy) is 8. The number of rotatable bonds is 16. The topological polar surface area (TPSA) is 132 Å². The lowest BCUT2D eigenvalue weighted by molar-refractivity contribution is -0.389. The van der Waals surface area contributed by atoms with Crippen LogP contribution in [-0.4, -0.2) is 101 Å². The molecule has 3 aliphatic heterocycles. The minimum atomic E-state index is -2.37. The fourth-order valence-corrected chi connectivity index (χ4v) is 9.82. The van der Waals surface area contributed by atoms with Crippen LogP contribution in [0, 0.1) is 5.92 Å². The van der Waals surface area contributed by atoms with Gasteiger partial charge in [-0.2, -0.15) is 0 Å². The normalized spacial score (nSPS) is 30.8. The van der Waals surface area contributed by atoms with Gasteiger partial charge >= 0.3 is 0 Å². The number of amides is 1. The molecule has 57 heavy (non-hydrogen) atoms. The molecule has 3 aliphatic rings. The molecule has 0 spiro atoms. The summed E-state index contributed by atoms with van der Waals surface area (Å²) in [5.41, 5.74) is 2.78. The Morgan fingerprint density at radius 2 is 1.42 bits per heavy atom. The molecule has 0 saturated carbocycles. The molecule has 12 nitrogen and oxygen atoms in total. The van der Waals surface area contributed by atoms with Crippen LogP contribution in [0.25, 0.3) is 0 Å². The molecule has 3 fully saturated rings. The maximum atomic E-state index is 12.4. The molecule has 0 unspecified atom stereocenters. The number of methoxy groups -OCH3 is 1. The molecule has 3 saturated heterocycles. The highest BCUT2D eigenvalue weighted by Gasteiger charge is 2.55. The second-order valence-corrected chi connectivity index (χ2v) is 21.1. The first-order valence-electron chi connectivity index (χ1n) is 20.0. The average Bonchev–Trinajstić information content (AvgIpc) is 3.21. The van der Waals surface area contributed by atoms with Crippen molar-refractivity contribution in [1.82, 2.24) is 5.32 Å². The second-order valence-electron chi connectivity index (χ2n) is 16.5. The van der Waals surface area contributed by atoms with Crippen LogP contribution in [0.1, 0.15) is 57.6 Å². The van der Waals surface area contributed by atoms with Crippen LogP contribution in [0.2, 0.25) is 18.1 Å². The van der Waals surface area contributed by atoms with Gasteiger partial charge in [-0.15, -0.1) is 0 Å². The summed E-state index contributed by atoms with van der Waals surface area (Å²) in [7, 11) is -0.893. The van der Waals surface area contributed by atoms with Crippen LogP contribution in [-0.2, 0) is 60.3 Å². The van der Waals surface area contributed by atoms with E-state index in [1.54, 1.807) is 0 Å². The molecule has 3 heterocycles. The highest BCUT2D eigenvalue weighted by atomic mass is 28.4. The first-order chi connectivity index (χ1) is 27.3. The quantitative estimate of drug-likeness (QED) is 0.159. The average molecular weight is 808 g/mol. The first-order valence-corrected chi connectivity index (χ1v) is 22.9. The molecule has 2 N–H and O–H groups in total. The minimum Gasteiger partial charge on any atom is -0.414 e. The third-order valence-corrected chi connectivity index (χ3v) is 16.7. The van der Waals surface area contributed by atoms with Crippen LogP contribution in [0.15, 0.2) is 91.0 Å². The monoisotopic (exact) mass is 807 g/mol. The molecule has 0 radical (unpaired) electrons. The van der Waals surface area contributed by atoms with E-state index in [0.717, 1.165) is 16.7 Å². The molecule has 312 valence electrons. The van der Waals surface area contributed by atoms with Crippen LogP contribution in [0.4, 0.5) is 0 Å². The number of carbonyl (C=O) groups is 1. The number of hydrogen-bond donors (Lipinski definition) is 2. The number of aliphatic hydroxyl groups is 1. The zero-order valence-electron chi connectivity index (χ0n) is 34.4. The number of nitrogens with one attached hydrogen (secondary N) is 1. The van der Waals surface area contributed by atoms with Gasteiger partial charge in [-0.25, -0.2) is 0 Å². The predicted octanol–water partition coefficient (Wildman–Crippen LogP) is 6.28. The zero-order chi connectivity index (χ0) is 40.7. The van der Waals surface area contributed by atoms with Gasteiger partial charge in [0.05, 0.1) is 26.4 Å². The molecule has 0 aromatic heterocycles. The van der Waals surface area contributed by atoms with Crippen molar-refractivity contribution in [3.05, 3.63) is 108 Å². The number of benzene rings is 3. The van der Waals surface area contributed by atoms with Gasteiger partial charge < -0.3 is 52.7 Å². The lowest BCUT2D eigenvalue weighted by atomic mass is 9.94. The van der Waals surface area contributed by atoms with E-state index >= 15 is 0 Å². The van der Waals surface area contributed by atoms with Gasteiger partial charge in [-0.3, -0.25) is 4.79 Å². The zero-order valence-corrected chi connectivity index (χ0v) is 35.4. The van der Waals surface area contributed by atoms with E-state index in [9.17, 15) is 9.90 Å². The van der Waals surface area contributed by atoms with Crippen molar-refractivity contribution in [3.8, 4) is 0 Å². The molecular weight excluding hydrogens is 747 g/mol. The van der Waals surface area contributed by atoms with Gasteiger partial charge in [-0.05, 0) is 35.2 Å². The summed E-state index contributed by atoms with van der Waals surface area (Å²) in [5.74, 6) is 0.00495. The highest BCUT2D eigenvalue weighted by molar-refractivity contribution is 6.74. The van der Waals surface area contributed by atoms with Crippen LogP contribution in [0.3, 0.4) is 0 Å². The number of aliphatic hydroxyl groups excluding tert-OH is 1. The predicted molar refractivity (Wildman–Crippen MR) is 215 cm³/mol. The van der Waals surface area contributed by atoms with E-state index in [-0.39, 0.29) is 37.4 Å². The van der Waals surface area contributed by atoms with E-state index in [1.807, 2.05) is 91.0 Å². The second kappa shape index (κ2) is 19.3. The van der Waals surface area contributed by atoms with Crippen molar-refractivity contribution in [2.24, 2.45) is 5.92 Å². The lowest BCUT2D eigenvalue weighted by Crippen LogP contribution is -2.68. The maximum absolute atomic E-state index is 12.4. The van der Waals surface area contributed by atoms with E-state index < -0.39 is 76.0 Å². The SMILES string of the molecule is CO[C@@H]1O[C@H](CO[Si](C)(C)C(C)(C)C(C)C)[C@@H](O[C@@H]2O[C@@H]3CO[C@@H](c4ccccc4)O[C@H]3[C@H](OCc3ccccc3)[C@@H]2OCc2ccccc2)[C@H](O)[C@H]1NC(C)=O. The minimum absolute atomic E-state index is 0.0875. The lowest BCUT2D eigenvalue weighted by Gasteiger charge is -2.51. The Bertz CT molecular complexity index is 1680. The third-order valence-electron chi connectivity index (χ3n) is 12.1. The molecule has 11 atom stereocenters. The Balaban J connectivity index is 1.35. The molecule has 3 aromatic carbocycles. The van der Waals surface area contributed by atoms with Gasteiger partial charge in [-0.1, -0.05) is 119 Å². The molecular formula is C44H61NO11Si. The summed E-state index contributed by atoms with van der Waals surface area (Å²) in [4.78, 5) is 12.4. The van der Waals surface area contributed by atoms with Crippen molar-refractivity contribution < 1.29 is 52.2 Å². The standard InChI is InChI=1S/C44H61NO11Si/c1-28(2)44(4,5)57(7,8)52-27-34-37(36(47)35(45-29(3)46)42(48-6)53-34)55-43-40(50-25-31-20-14-10-15-21-31)39(49-24-30-18-12-9-13-19-30)38-33(54-43)26-51-41(56-38)32-22-16-11-17-23-32/h9-23,28,33-43,47H,24-27H2,1-8H3,(H,45,46)/t33-,34-,35-,36-,37-,38-,39+,40+,41-,42-,43+/m1/s1. The van der Waals surface area contributed by atoms with Gasteiger partial charge in [0.2, 0.25) is 5.91 Å². The Kier molecular flexibility index (Phi) is 14.8. The van der Waals surface area contributed by atoms with E-state index in [2.05, 4.69) is 46.1 Å². The fraction of sp³-hybridized carbons (Fsp3) is 0.568. The Morgan fingerprint density at radius 1 is 0.842 bits per heavy atom. The molecule has 13 heteroatoms. The third kappa shape index (κ3) is 10.4. The number of carbonyl (C=O) groups excluding carboxylic acids is 1. The van der Waals surface area contributed by atoms with E-state index in [0.29, 0.717) is 5.92 Å². The summed E-state index contributed by atoms with van der Waals surface area (Å²) in [5, 5.41) is 14.9. The summed E-state index contributed by atoms with van der Waals surface area (Å²) in [6.45, 7) is 15.4. The number of fused-ring (bicyclic) bond motifs is 1. The van der Waals surface area contributed by atoms with Gasteiger partial charge in [0.1, 0.15) is 48.8 Å². The molecule has 0 bridgehead atoms. The van der Waals surface area contributed by atoms with E-state index in [4.69, 9.17) is 42.3 Å². The van der Waals surface area contributed by atoms with Crippen LogP contribution >= 0.6 is 0 Å². The molecule has 6 rings (SSSR count). The van der Waals surface area contributed by atoms with Gasteiger partial charge in [0.15, 0.2) is 27.2 Å². The van der Waals surface area contributed by atoms with Gasteiger partial charge in [0.25, 0.3) is 0 Å². The van der Waals surface area contributed by atoms with Crippen LogP contribution < -0.4 is 5.32 Å². The maximum Gasteiger partial charge on any atom is 0.217 e. The van der Waals surface area contributed by atoms with E-state index in [1.165, 1.54) is 14.0 Å². The molecule has 3 aromatic rings. The van der Waals surface area contributed by atoms with Crippen molar-refractivity contribution in [2.75, 3.05) is 20.3 Å². The number of hydrogen-bond acceptors (Lipinski definition) is 11. The summed E-state index contributed by atoms with van der Waals surface area (Å²) < 4.78 is 59.2. The largest absolute Gasteiger partial charge is 0.414 e. The Labute approximate surface area is 338 Å². The van der Waals surface area contributed by atoms with Crippen molar-refractivity contribution in [1.29, 1.82) is 0 Å². The smallest absolute Gasteiger partial charge is 0.217 e. The fourth-order valence-electron chi connectivity index (χ4n) is 7.47. The molecule has 1 amide bonds. The Hall–Kier alpha value is -3.05. The summed E-state index contributed by atoms with van der Waals surface area (Å²) >= 11 is 0. The highest BCUT2D eigenvalue weighted by Crippen LogP contribution is 2.45. The first kappa shape index (κ1) is 43.5. The summed E-state index contributed by atoms with van der Waals surface area (Å²) in [6.07, 6.45) is -8.69. The van der Waals surface area contributed by atoms with Crippen molar-refractivity contribution >= 4 is 14.2 Å². The van der Waals surface area contributed by atoms with Crippen molar-refractivity contribution in [3.63, 3.8) is 0 Å². The van der Waals surface area contributed by atoms with Crippen LogP contribution in [0.5, 0.6) is 0 Å².